The van der Waals surface area contributed by atoms with Crippen molar-refractivity contribution in [1.82, 2.24) is 0 Å². The summed E-state index contributed by atoms with van der Waals surface area (Å²) >= 11 is 0. The van der Waals surface area contributed by atoms with Crippen LogP contribution in [0.2, 0.25) is 0 Å². The van der Waals surface area contributed by atoms with Crippen LogP contribution < -0.4 is 0 Å². The second-order valence-corrected chi connectivity index (χ2v) is 1.93. The molecular weight excluding hydrogens is 298 g/mol. The van der Waals surface area contributed by atoms with Gasteiger partial charge in [0.25, 0.3) is 0 Å². The van der Waals surface area contributed by atoms with E-state index in [-0.39, 0.29) is 26.1 Å². The fourth-order valence-corrected chi connectivity index (χ4v) is 0.837. The van der Waals surface area contributed by atoms with Gasteiger partial charge in [0.2, 0.25) is 0 Å². The number of carbonyl (C=O) groups is 1. The third-order valence-corrected chi connectivity index (χ3v) is 1.29. The maximum absolute atomic E-state index is 10.2. The molecule has 1 fully saturated rings. The zero-order valence-electron chi connectivity index (χ0n) is 4.89. The Morgan fingerprint density at radius 2 is 2.33 bits per heavy atom. The van der Waals surface area contributed by atoms with E-state index in [2.05, 4.69) is 5.32 Å². The van der Waals surface area contributed by atoms with Crippen LogP contribution in [0.3, 0.4) is 0 Å². The SMILES string of the molecule is O=C([OH2+])C1CCC[N-]1.[Ir+3]. The number of nitrogens with zero attached hydrogens (tertiary/aromatic N) is 1. The van der Waals surface area contributed by atoms with E-state index in [9.17, 15) is 4.79 Å². The molecule has 0 amide bonds. The molecule has 1 unspecified atom stereocenters. The molecule has 1 atom stereocenters. The molecule has 4 heteroatoms. The fraction of sp³-hybridized carbons (Fsp3) is 0.800. The predicted octanol–water partition coefficient (Wildman–Crippen LogP) is -0.229. The van der Waals surface area contributed by atoms with Gasteiger partial charge in [-0.2, -0.15) is 0 Å². The van der Waals surface area contributed by atoms with Crippen molar-refractivity contribution in [2.75, 3.05) is 6.54 Å². The number of hydrogen-bond acceptors (Lipinski definition) is 1. The molecule has 0 saturated carbocycles. The van der Waals surface area contributed by atoms with Gasteiger partial charge in [-0.1, -0.05) is 12.8 Å². The summed E-state index contributed by atoms with van der Waals surface area (Å²) in [4.78, 5) is 10.2. The second-order valence-electron chi connectivity index (χ2n) is 1.93. The minimum Gasteiger partial charge on any atom is -0.645 e. The molecule has 0 aromatic heterocycles. The van der Waals surface area contributed by atoms with Crippen LogP contribution in [0.25, 0.3) is 5.32 Å². The first kappa shape index (κ1) is 9.08. The third kappa shape index (κ3) is 2.43. The summed E-state index contributed by atoms with van der Waals surface area (Å²) in [5.74, 6) is -0.525. The summed E-state index contributed by atoms with van der Waals surface area (Å²) in [7, 11) is 0. The van der Waals surface area contributed by atoms with Crippen LogP contribution in [-0.4, -0.2) is 23.7 Å². The van der Waals surface area contributed by atoms with Crippen molar-refractivity contribution in [3.8, 4) is 0 Å². The van der Waals surface area contributed by atoms with Gasteiger partial charge in [0, 0.05) is 10.8 Å². The van der Waals surface area contributed by atoms with E-state index in [1.807, 2.05) is 0 Å². The molecule has 2 N–H and O–H groups in total. The topological polar surface area (TPSA) is 54.1 Å². The average molecular weight is 307 g/mol. The monoisotopic (exact) mass is 308 g/mol. The fourth-order valence-electron chi connectivity index (χ4n) is 0.837. The quantitative estimate of drug-likeness (QED) is 0.618. The van der Waals surface area contributed by atoms with E-state index in [1.165, 1.54) is 0 Å². The minimum absolute atomic E-state index is 0. The molecule has 0 aromatic carbocycles. The smallest absolute Gasteiger partial charge is 0.645 e. The number of carbonyl (C=O) groups excluding carboxylic acids is 1. The third-order valence-electron chi connectivity index (χ3n) is 1.29. The summed E-state index contributed by atoms with van der Waals surface area (Å²) in [6.07, 6.45) is 1.78. The van der Waals surface area contributed by atoms with E-state index in [4.69, 9.17) is 5.11 Å². The van der Waals surface area contributed by atoms with Crippen LogP contribution in [0.15, 0.2) is 0 Å². The second kappa shape index (κ2) is 3.99. The molecule has 52 valence electrons. The van der Waals surface area contributed by atoms with Crippen molar-refractivity contribution >= 4 is 5.97 Å². The van der Waals surface area contributed by atoms with Gasteiger partial charge >= 0.3 is 26.1 Å². The first-order valence-corrected chi connectivity index (χ1v) is 2.73. The molecule has 0 aliphatic carbocycles. The Labute approximate surface area is 67.2 Å². The molecule has 9 heavy (non-hydrogen) atoms. The largest absolute Gasteiger partial charge is 3.00 e. The molecule has 0 radical (unpaired) electrons. The first-order valence-electron chi connectivity index (χ1n) is 2.73. The molecule has 1 saturated heterocycles. The van der Waals surface area contributed by atoms with E-state index in [0.717, 1.165) is 19.4 Å². The van der Waals surface area contributed by atoms with Crippen molar-refractivity contribution in [3.05, 3.63) is 5.32 Å². The van der Waals surface area contributed by atoms with E-state index >= 15 is 0 Å². The van der Waals surface area contributed by atoms with Crippen molar-refractivity contribution in [2.24, 2.45) is 0 Å². The molecule has 1 heterocycles. The van der Waals surface area contributed by atoms with Crippen LogP contribution in [0.1, 0.15) is 12.8 Å². The van der Waals surface area contributed by atoms with Gasteiger partial charge in [0.15, 0.2) is 0 Å². The molecule has 3 nitrogen and oxygen atoms in total. The summed E-state index contributed by atoms with van der Waals surface area (Å²) in [6, 6.07) is -0.282. The zero-order chi connectivity index (χ0) is 5.98. The van der Waals surface area contributed by atoms with Crippen LogP contribution in [0.4, 0.5) is 0 Å². The van der Waals surface area contributed by atoms with Crippen molar-refractivity contribution in [1.29, 1.82) is 0 Å². The van der Waals surface area contributed by atoms with Crippen LogP contribution >= 0.6 is 0 Å². The number of hydrogen-bond donors (Lipinski definition) is 0. The van der Waals surface area contributed by atoms with Crippen molar-refractivity contribution in [3.63, 3.8) is 0 Å². The van der Waals surface area contributed by atoms with Crippen LogP contribution in [-0.2, 0) is 24.9 Å². The molecule has 0 aromatic rings. The Morgan fingerprint density at radius 1 is 1.67 bits per heavy atom. The van der Waals surface area contributed by atoms with Gasteiger partial charge in [-0.15, -0.1) is 6.54 Å². The van der Waals surface area contributed by atoms with Gasteiger partial charge in [0.1, 0.15) is 0 Å². The predicted molar refractivity (Wildman–Crippen MR) is 29.9 cm³/mol. The van der Waals surface area contributed by atoms with Gasteiger partial charge in [-0.25, -0.2) is 0 Å². The average Bonchev–Trinajstić information content (AvgIpc) is 2.12. The molecule has 0 bridgehead atoms. The van der Waals surface area contributed by atoms with Gasteiger partial charge in [-0.05, 0) is 0 Å². The van der Waals surface area contributed by atoms with Gasteiger partial charge < -0.3 is 10.4 Å². The molecule has 1 aliphatic heterocycles. The Morgan fingerprint density at radius 3 is 2.56 bits per heavy atom. The van der Waals surface area contributed by atoms with Gasteiger partial charge in [0.05, 0.1) is 0 Å². The maximum atomic E-state index is 10.2. The molecule has 0 spiro atoms. The number of rotatable bonds is 1. The van der Waals surface area contributed by atoms with Crippen LogP contribution in [0.5, 0.6) is 0 Å². The Bertz CT molecular complexity index is 101. The first-order chi connectivity index (χ1) is 3.80. The Balaban J connectivity index is 0.000000640. The minimum atomic E-state index is -0.525. The van der Waals surface area contributed by atoms with Crippen LogP contribution in [0, 0.1) is 0 Å². The zero-order valence-corrected chi connectivity index (χ0v) is 7.28. The standard InChI is InChI=1S/C5H8NO2.Ir/c7-5(8)4-2-1-3-6-4;/h4H,1-3H2,(H,7,8);/q-1;+3/p+1. The van der Waals surface area contributed by atoms with Crippen molar-refractivity contribution < 1.29 is 30.0 Å². The normalized spacial score (nSPS) is 25.1. The van der Waals surface area contributed by atoms with Crippen molar-refractivity contribution in [2.45, 2.75) is 18.9 Å². The van der Waals surface area contributed by atoms with E-state index in [0.29, 0.717) is 0 Å². The summed E-state index contributed by atoms with van der Waals surface area (Å²) in [5, 5.41) is 10.5. The Kier molecular flexibility index (Phi) is 4.02. The van der Waals surface area contributed by atoms with E-state index < -0.39 is 5.97 Å². The molecule has 1 aliphatic rings. The Hall–Kier alpha value is 0.0794. The summed E-state index contributed by atoms with van der Waals surface area (Å²) in [6.45, 7) is 0.773. The molecular formula is C5H9IrNO2+3. The molecule has 1 rings (SSSR count). The summed E-state index contributed by atoms with van der Waals surface area (Å²) < 4.78 is 0. The van der Waals surface area contributed by atoms with Gasteiger partial charge in [-0.3, -0.25) is 0 Å². The summed E-state index contributed by atoms with van der Waals surface area (Å²) in [5.41, 5.74) is 0. The maximum Gasteiger partial charge on any atom is 3.00 e. The van der Waals surface area contributed by atoms with E-state index in [1.54, 1.807) is 0 Å².